The lowest BCUT2D eigenvalue weighted by atomic mass is 9.95. The zero-order valence-corrected chi connectivity index (χ0v) is 16.4. The minimum atomic E-state index is -0.248. The first-order valence-corrected chi connectivity index (χ1v) is 9.96. The van der Waals surface area contributed by atoms with E-state index in [9.17, 15) is 14.4 Å². The van der Waals surface area contributed by atoms with Crippen molar-refractivity contribution in [2.24, 2.45) is 13.0 Å². The van der Waals surface area contributed by atoms with Crippen molar-refractivity contribution >= 4 is 17.7 Å². The van der Waals surface area contributed by atoms with Gasteiger partial charge in [0, 0.05) is 38.4 Å². The van der Waals surface area contributed by atoms with Gasteiger partial charge in [-0.25, -0.2) is 0 Å². The summed E-state index contributed by atoms with van der Waals surface area (Å²) in [5.41, 5.74) is 2.10. The van der Waals surface area contributed by atoms with Crippen LogP contribution in [0, 0.1) is 5.92 Å². The van der Waals surface area contributed by atoms with Crippen LogP contribution in [0.25, 0.3) is 0 Å². The average molecular weight is 395 g/mol. The summed E-state index contributed by atoms with van der Waals surface area (Å²) >= 11 is 0. The van der Waals surface area contributed by atoms with Gasteiger partial charge < -0.3 is 15.5 Å². The van der Waals surface area contributed by atoms with E-state index < -0.39 is 0 Å². The highest BCUT2D eigenvalue weighted by Crippen LogP contribution is 2.28. The Labute approximate surface area is 169 Å². The fourth-order valence-corrected chi connectivity index (χ4v) is 4.10. The molecule has 0 spiro atoms. The van der Waals surface area contributed by atoms with E-state index in [1.165, 1.54) is 0 Å². The molecule has 1 aromatic carbocycles. The van der Waals surface area contributed by atoms with Gasteiger partial charge in [-0.15, -0.1) is 0 Å². The molecule has 0 bridgehead atoms. The Morgan fingerprint density at radius 2 is 1.97 bits per heavy atom. The number of piperidine rings is 1. The fourth-order valence-electron chi connectivity index (χ4n) is 4.10. The van der Waals surface area contributed by atoms with Crippen molar-refractivity contribution in [1.29, 1.82) is 0 Å². The van der Waals surface area contributed by atoms with Crippen LogP contribution in [0.15, 0.2) is 36.5 Å². The van der Waals surface area contributed by atoms with Crippen molar-refractivity contribution in [2.75, 3.05) is 19.6 Å². The predicted molar refractivity (Wildman–Crippen MR) is 106 cm³/mol. The Kier molecular flexibility index (Phi) is 5.33. The second kappa shape index (κ2) is 8.06. The van der Waals surface area contributed by atoms with Gasteiger partial charge in [0.2, 0.25) is 5.91 Å². The molecule has 8 heteroatoms. The molecular formula is C21H25N5O3. The molecule has 2 aliphatic rings. The molecule has 3 amide bonds. The highest BCUT2D eigenvalue weighted by atomic mass is 16.2. The molecular weight excluding hydrogens is 370 g/mol. The van der Waals surface area contributed by atoms with Gasteiger partial charge in [0.25, 0.3) is 11.8 Å². The van der Waals surface area contributed by atoms with Gasteiger partial charge in [0.1, 0.15) is 5.69 Å². The number of nitrogens with zero attached hydrogens (tertiary/aromatic N) is 3. The summed E-state index contributed by atoms with van der Waals surface area (Å²) in [6, 6.07) is 8.86. The number of aromatic nitrogens is 2. The standard InChI is InChI=1S/C21H25N5O3/c1-25-18(6-9-23-25)21(29)22-13-14-7-10-26(11-8-14)19(27)12-17-15-4-2-3-5-16(15)20(28)24-17/h2-6,9,14,17H,7-8,10-13H2,1H3,(H,22,29)(H,24,28). The topological polar surface area (TPSA) is 96.3 Å². The number of carbonyl (C=O) groups excluding carboxylic acids is 3. The van der Waals surface area contributed by atoms with E-state index in [4.69, 9.17) is 0 Å². The monoisotopic (exact) mass is 395 g/mol. The van der Waals surface area contributed by atoms with Crippen molar-refractivity contribution in [1.82, 2.24) is 25.3 Å². The third-order valence-electron chi connectivity index (χ3n) is 5.84. The smallest absolute Gasteiger partial charge is 0.269 e. The number of fused-ring (bicyclic) bond motifs is 1. The van der Waals surface area contributed by atoms with Gasteiger partial charge in [-0.2, -0.15) is 5.10 Å². The van der Waals surface area contributed by atoms with Gasteiger partial charge in [-0.05, 0) is 36.5 Å². The molecule has 152 valence electrons. The van der Waals surface area contributed by atoms with E-state index in [2.05, 4.69) is 15.7 Å². The molecule has 1 atom stereocenters. The molecule has 8 nitrogen and oxygen atoms in total. The number of aryl methyl sites for hydroxylation is 1. The van der Waals surface area contributed by atoms with Gasteiger partial charge in [0.15, 0.2) is 0 Å². The normalized spacial score (nSPS) is 19.0. The molecule has 4 rings (SSSR count). The molecule has 1 aromatic heterocycles. The van der Waals surface area contributed by atoms with Crippen LogP contribution in [0.4, 0.5) is 0 Å². The first-order chi connectivity index (χ1) is 14.0. The number of hydrogen-bond donors (Lipinski definition) is 2. The number of hydrogen-bond acceptors (Lipinski definition) is 4. The van der Waals surface area contributed by atoms with Crippen LogP contribution in [-0.2, 0) is 11.8 Å². The van der Waals surface area contributed by atoms with Crippen molar-refractivity contribution in [3.8, 4) is 0 Å². The molecule has 29 heavy (non-hydrogen) atoms. The summed E-state index contributed by atoms with van der Waals surface area (Å²) in [7, 11) is 1.74. The molecule has 0 aliphatic carbocycles. The first-order valence-electron chi connectivity index (χ1n) is 9.96. The highest BCUT2D eigenvalue weighted by Gasteiger charge is 2.32. The summed E-state index contributed by atoms with van der Waals surface area (Å²) < 4.78 is 1.55. The van der Waals surface area contributed by atoms with E-state index in [1.54, 1.807) is 30.1 Å². The number of benzene rings is 1. The maximum atomic E-state index is 12.7. The van der Waals surface area contributed by atoms with Crippen LogP contribution in [0.1, 0.15) is 51.7 Å². The highest BCUT2D eigenvalue weighted by molar-refractivity contribution is 5.99. The Balaban J connectivity index is 1.25. The Morgan fingerprint density at radius 3 is 2.69 bits per heavy atom. The van der Waals surface area contributed by atoms with Gasteiger partial charge in [-0.3, -0.25) is 19.1 Å². The van der Waals surface area contributed by atoms with Crippen molar-refractivity contribution in [3.63, 3.8) is 0 Å². The molecule has 2 aromatic rings. The zero-order chi connectivity index (χ0) is 20.4. The molecule has 1 saturated heterocycles. The predicted octanol–water partition coefficient (Wildman–Crippen LogP) is 1.26. The molecule has 0 saturated carbocycles. The second-order valence-corrected chi connectivity index (χ2v) is 7.69. The molecule has 2 aliphatic heterocycles. The Hall–Kier alpha value is -3.16. The number of amides is 3. The molecule has 1 fully saturated rings. The van der Waals surface area contributed by atoms with Gasteiger partial charge in [0.05, 0.1) is 12.5 Å². The molecule has 2 N–H and O–H groups in total. The Morgan fingerprint density at radius 1 is 1.21 bits per heavy atom. The van der Waals surface area contributed by atoms with Crippen molar-refractivity contribution < 1.29 is 14.4 Å². The van der Waals surface area contributed by atoms with Crippen LogP contribution in [0.3, 0.4) is 0 Å². The van der Waals surface area contributed by atoms with Gasteiger partial charge >= 0.3 is 0 Å². The van der Waals surface area contributed by atoms with Crippen LogP contribution < -0.4 is 10.6 Å². The van der Waals surface area contributed by atoms with E-state index in [-0.39, 0.29) is 30.2 Å². The quantitative estimate of drug-likeness (QED) is 0.797. The number of rotatable bonds is 5. The van der Waals surface area contributed by atoms with Crippen LogP contribution in [0.5, 0.6) is 0 Å². The summed E-state index contributed by atoms with van der Waals surface area (Å²) in [5.74, 6) is 0.174. The lowest BCUT2D eigenvalue weighted by Gasteiger charge is -2.32. The lowest BCUT2D eigenvalue weighted by molar-refractivity contribution is -0.133. The molecule has 0 radical (unpaired) electrons. The van der Waals surface area contributed by atoms with E-state index >= 15 is 0 Å². The first kappa shape index (κ1) is 19.2. The minimum absolute atomic E-state index is 0.0596. The average Bonchev–Trinajstić information content (AvgIpc) is 3.30. The number of likely N-dealkylation sites (tertiary alicyclic amines) is 1. The van der Waals surface area contributed by atoms with E-state index in [1.807, 2.05) is 23.1 Å². The number of carbonyl (C=O) groups is 3. The second-order valence-electron chi connectivity index (χ2n) is 7.69. The Bertz CT molecular complexity index is 930. The lowest BCUT2D eigenvalue weighted by Crippen LogP contribution is -2.42. The van der Waals surface area contributed by atoms with Crippen LogP contribution in [0.2, 0.25) is 0 Å². The van der Waals surface area contributed by atoms with Crippen molar-refractivity contribution in [3.05, 3.63) is 53.3 Å². The SMILES string of the molecule is Cn1nccc1C(=O)NCC1CCN(C(=O)CC2NC(=O)c3ccccc32)CC1. The fraction of sp³-hybridized carbons (Fsp3) is 0.429. The zero-order valence-electron chi connectivity index (χ0n) is 16.4. The van der Waals surface area contributed by atoms with Crippen molar-refractivity contribution in [2.45, 2.75) is 25.3 Å². The van der Waals surface area contributed by atoms with Crippen LogP contribution >= 0.6 is 0 Å². The molecule has 1 unspecified atom stereocenters. The summed E-state index contributed by atoms with van der Waals surface area (Å²) in [6.07, 6.45) is 3.59. The minimum Gasteiger partial charge on any atom is -0.350 e. The summed E-state index contributed by atoms with van der Waals surface area (Å²) in [6.45, 7) is 1.94. The third kappa shape index (κ3) is 4.01. The summed E-state index contributed by atoms with van der Waals surface area (Å²) in [4.78, 5) is 38.8. The number of nitrogens with one attached hydrogen (secondary N) is 2. The largest absolute Gasteiger partial charge is 0.350 e. The van der Waals surface area contributed by atoms with Gasteiger partial charge in [-0.1, -0.05) is 18.2 Å². The third-order valence-corrected chi connectivity index (χ3v) is 5.84. The maximum absolute atomic E-state index is 12.7. The maximum Gasteiger partial charge on any atom is 0.269 e. The van der Waals surface area contributed by atoms with E-state index in [0.29, 0.717) is 36.8 Å². The van der Waals surface area contributed by atoms with E-state index in [0.717, 1.165) is 18.4 Å². The summed E-state index contributed by atoms with van der Waals surface area (Å²) in [5, 5.41) is 9.88. The molecule has 3 heterocycles. The van der Waals surface area contributed by atoms with Crippen LogP contribution in [-0.4, -0.2) is 52.0 Å².